The molecule has 0 bridgehead atoms. The van der Waals surface area contributed by atoms with Crippen molar-refractivity contribution in [3.05, 3.63) is 130 Å². The van der Waals surface area contributed by atoms with Crippen LogP contribution in [0.2, 0.25) is 0 Å². The lowest BCUT2D eigenvalue weighted by atomic mass is 9.80. The first-order valence-corrected chi connectivity index (χ1v) is 12.6. The van der Waals surface area contributed by atoms with Crippen molar-refractivity contribution >= 4 is 37.6 Å². The molecule has 5 aromatic carbocycles. The van der Waals surface area contributed by atoms with E-state index in [2.05, 4.69) is 87.6 Å². The van der Waals surface area contributed by atoms with Gasteiger partial charge in [0, 0.05) is 26.9 Å². The first kappa shape index (κ1) is 22.4. The van der Waals surface area contributed by atoms with Crippen LogP contribution < -0.4 is 4.74 Å². The highest BCUT2D eigenvalue weighted by Crippen LogP contribution is 2.47. The SMILES string of the molecule is COc1ccc2ccc(O)c([C@H](c3ccc(Br)cc3)c3c(-c4ccccc4)[nH]c4ccccc34)c2c1. The molecular formula is C32H24BrNO2. The Bertz CT molecular complexity index is 1690. The maximum absolute atomic E-state index is 11.4. The number of hydrogen-bond acceptors (Lipinski definition) is 2. The molecule has 1 aromatic heterocycles. The van der Waals surface area contributed by atoms with Crippen LogP contribution in [-0.2, 0) is 0 Å². The molecule has 36 heavy (non-hydrogen) atoms. The molecule has 176 valence electrons. The molecule has 0 radical (unpaired) electrons. The van der Waals surface area contributed by atoms with Gasteiger partial charge in [-0.15, -0.1) is 0 Å². The van der Waals surface area contributed by atoms with Crippen LogP contribution in [0.15, 0.2) is 114 Å². The Labute approximate surface area is 218 Å². The number of benzene rings is 5. The van der Waals surface area contributed by atoms with E-state index in [9.17, 15) is 5.11 Å². The van der Waals surface area contributed by atoms with E-state index in [4.69, 9.17) is 4.74 Å². The number of halogens is 1. The third kappa shape index (κ3) is 3.84. The van der Waals surface area contributed by atoms with Crippen LogP contribution in [0, 0.1) is 0 Å². The highest BCUT2D eigenvalue weighted by molar-refractivity contribution is 9.10. The third-order valence-electron chi connectivity index (χ3n) is 6.84. The first-order chi connectivity index (χ1) is 17.6. The Morgan fingerprint density at radius 3 is 2.25 bits per heavy atom. The summed E-state index contributed by atoms with van der Waals surface area (Å²) in [5, 5.41) is 14.6. The van der Waals surface area contributed by atoms with E-state index < -0.39 is 0 Å². The molecule has 0 aliphatic heterocycles. The second-order valence-electron chi connectivity index (χ2n) is 8.90. The fraction of sp³-hybridized carbons (Fsp3) is 0.0625. The van der Waals surface area contributed by atoms with Gasteiger partial charge in [0.15, 0.2) is 0 Å². The van der Waals surface area contributed by atoms with Crippen molar-refractivity contribution in [1.29, 1.82) is 0 Å². The number of ether oxygens (including phenoxy) is 1. The molecule has 6 rings (SSSR count). The van der Waals surface area contributed by atoms with E-state index in [1.807, 2.05) is 36.4 Å². The molecule has 2 N–H and O–H groups in total. The smallest absolute Gasteiger partial charge is 0.120 e. The lowest BCUT2D eigenvalue weighted by molar-refractivity contribution is 0.415. The number of methoxy groups -OCH3 is 1. The summed E-state index contributed by atoms with van der Waals surface area (Å²) in [7, 11) is 1.67. The number of phenolic OH excluding ortho intramolecular Hbond substituents is 1. The predicted molar refractivity (Wildman–Crippen MR) is 151 cm³/mol. The fourth-order valence-electron chi connectivity index (χ4n) is 5.17. The van der Waals surface area contributed by atoms with Gasteiger partial charge in [0.25, 0.3) is 0 Å². The van der Waals surface area contributed by atoms with E-state index in [1.165, 1.54) is 0 Å². The lowest BCUT2D eigenvalue weighted by Crippen LogP contribution is -2.06. The average molecular weight is 534 g/mol. The number of para-hydroxylation sites is 1. The van der Waals surface area contributed by atoms with Crippen molar-refractivity contribution in [2.75, 3.05) is 7.11 Å². The molecule has 1 atom stereocenters. The van der Waals surface area contributed by atoms with Crippen LogP contribution in [0.25, 0.3) is 32.9 Å². The maximum Gasteiger partial charge on any atom is 0.120 e. The molecule has 3 nitrogen and oxygen atoms in total. The van der Waals surface area contributed by atoms with Crippen LogP contribution in [0.3, 0.4) is 0 Å². The van der Waals surface area contributed by atoms with Crippen molar-refractivity contribution in [1.82, 2.24) is 4.98 Å². The van der Waals surface area contributed by atoms with E-state index in [0.717, 1.165) is 59.8 Å². The number of aromatic hydroxyl groups is 1. The Hall–Kier alpha value is -4.02. The minimum absolute atomic E-state index is 0.236. The number of aromatic amines is 1. The van der Waals surface area contributed by atoms with E-state index in [1.54, 1.807) is 13.2 Å². The summed E-state index contributed by atoms with van der Waals surface area (Å²) < 4.78 is 6.59. The van der Waals surface area contributed by atoms with Crippen LogP contribution in [0.5, 0.6) is 11.5 Å². The average Bonchev–Trinajstić information content (AvgIpc) is 3.30. The Kier molecular flexibility index (Phi) is 5.74. The summed E-state index contributed by atoms with van der Waals surface area (Å²) in [6.07, 6.45) is 0. The van der Waals surface area contributed by atoms with Crippen molar-refractivity contribution in [3.8, 4) is 22.8 Å². The number of H-pyrrole nitrogens is 1. The quantitative estimate of drug-likeness (QED) is 0.233. The standard InChI is InChI=1S/C32H24BrNO2/c1-36-24-17-13-20-14-18-28(35)30(26(20)19-24)29(21-11-15-23(33)16-12-21)31-25-9-5-6-10-27(25)34-32(31)22-7-3-2-4-8-22/h2-19,29,34-35H,1H3/t29-/m0/s1. The Morgan fingerprint density at radius 1 is 0.750 bits per heavy atom. The number of aromatic nitrogens is 1. The summed E-state index contributed by atoms with van der Waals surface area (Å²) in [6, 6.07) is 36.9. The summed E-state index contributed by atoms with van der Waals surface area (Å²) in [5.41, 5.74) is 6.28. The number of phenols is 1. The lowest BCUT2D eigenvalue weighted by Gasteiger charge is -2.23. The highest BCUT2D eigenvalue weighted by atomic mass is 79.9. The summed E-state index contributed by atoms with van der Waals surface area (Å²) in [5.74, 6) is 0.777. The molecule has 4 heteroatoms. The zero-order chi connectivity index (χ0) is 24.6. The topological polar surface area (TPSA) is 45.2 Å². The van der Waals surface area contributed by atoms with E-state index in [0.29, 0.717) is 0 Å². The van der Waals surface area contributed by atoms with Gasteiger partial charge >= 0.3 is 0 Å². The van der Waals surface area contributed by atoms with Gasteiger partial charge < -0.3 is 14.8 Å². The highest BCUT2D eigenvalue weighted by Gasteiger charge is 2.28. The van der Waals surface area contributed by atoms with Gasteiger partial charge in [-0.1, -0.05) is 88.7 Å². The zero-order valence-electron chi connectivity index (χ0n) is 19.7. The van der Waals surface area contributed by atoms with Crippen molar-refractivity contribution in [2.24, 2.45) is 0 Å². The molecule has 1 heterocycles. The van der Waals surface area contributed by atoms with Gasteiger partial charge in [-0.2, -0.15) is 0 Å². The van der Waals surface area contributed by atoms with Crippen molar-refractivity contribution in [2.45, 2.75) is 5.92 Å². The largest absolute Gasteiger partial charge is 0.508 e. The molecule has 0 saturated carbocycles. The van der Waals surface area contributed by atoms with Crippen LogP contribution >= 0.6 is 15.9 Å². The minimum Gasteiger partial charge on any atom is -0.508 e. The van der Waals surface area contributed by atoms with E-state index in [-0.39, 0.29) is 11.7 Å². The summed E-state index contributed by atoms with van der Waals surface area (Å²) in [6.45, 7) is 0. The van der Waals surface area contributed by atoms with Crippen molar-refractivity contribution < 1.29 is 9.84 Å². The monoisotopic (exact) mass is 533 g/mol. The van der Waals surface area contributed by atoms with Gasteiger partial charge in [-0.25, -0.2) is 0 Å². The summed E-state index contributed by atoms with van der Waals surface area (Å²) >= 11 is 3.59. The number of fused-ring (bicyclic) bond motifs is 2. The number of hydrogen-bond donors (Lipinski definition) is 2. The second-order valence-corrected chi connectivity index (χ2v) is 9.81. The normalized spacial score (nSPS) is 12.2. The molecule has 0 saturated heterocycles. The van der Waals surface area contributed by atoms with Gasteiger partial charge in [-0.3, -0.25) is 0 Å². The fourth-order valence-corrected chi connectivity index (χ4v) is 5.43. The zero-order valence-corrected chi connectivity index (χ0v) is 21.3. The molecular weight excluding hydrogens is 510 g/mol. The molecule has 0 spiro atoms. The van der Waals surface area contributed by atoms with Gasteiger partial charge in [0.05, 0.1) is 12.8 Å². The molecule has 0 unspecified atom stereocenters. The van der Waals surface area contributed by atoms with Gasteiger partial charge in [-0.05, 0) is 63.9 Å². The van der Waals surface area contributed by atoms with Crippen LogP contribution in [-0.4, -0.2) is 17.2 Å². The van der Waals surface area contributed by atoms with Gasteiger partial charge in [0.2, 0.25) is 0 Å². The number of nitrogens with one attached hydrogen (secondary N) is 1. The van der Waals surface area contributed by atoms with Crippen LogP contribution in [0.4, 0.5) is 0 Å². The van der Waals surface area contributed by atoms with E-state index >= 15 is 0 Å². The number of rotatable bonds is 5. The molecule has 0 aliphatic carbocycles. The minimum atomic E-state index is -0.236. The second kappa shape index (κ2) is 9.21. The first-order valence-electron chi connectivity index (χ1n) is 11.8. The van der Waals surface area contributed by atoms with Crippen molar-refractivity contribution in [3.63, 3.8) is 0 Å². The predicted octanol–water partition coefficient (Wildman–Crippen LogP) is 8.65. The summed E-state index contributed by atoms with van der Waals surface area (Å²) in [4.78, 5) is 3.69. The Balaban J connectivity index is 1.75. The van der Waals surface area contributed by atoms with Gasteiger partial charge in [0.1, 0.15) is 11.5 Å². The maximum atomic E-state index is 11.4. The molecule has 0 amide bonds. The third-order valence-corrected chi connectivity index (χ3v) is 7.37. The Morgan fingerprint density at radius 2 is 1.47 bits per heavy atom. The van der Waals surface area contributed by atoms with Crippen LogP contribution in [0.1, 0.15) is 22.6 Å². The molecule has 0 fully saturated rings. The molecule has 0 aliphatic rings. The molecule has 6 aromatic rings.